The molecule has 0 aliphatic carbocycles. The van der Waals surface area contributed by atoms with E-state index in [1.165, 1.54) is 43.6 Å². The molecule has 7 heteroatoms. The highest BCUT2D eigenvalue weighted by molar-refractivity contribution is 14.0. The summed E-state index contributed by atoms with van der Waals surface area (Å²) in [4.78, 5) is 9.76. The molecule has 0 aromatic carbocycles. The lowest BCUT2D eigenvalue weighted by molar-refractivity contribution is 0.202. The number of aryl methyl sites for hydroxylation is 1. The maximum Gasteiger partial charge on any atom is 0.193 e. The Morgan fingerprint density at radius 1 is 1.25 bits per heavy atom. The minimum absolute atomic E-state index is 0. The molecule has 0 saturated carbocycles. The standard InChI is InChI=1S/C21H40N6.HI/c1-7-22-21(23-13-18(4)14-27-11-9-8-10-12-27)25(5)15-19-16-26(6)24-20(19)17(2)3;/h16-18H,7-15H2,1-6H3,(H,22,23);1H. The third kappa shape index (κ3) is 7.89. The van der Waals surface area contributed by atoms with Gasteiger partial charge in [-0.25, -0.2) is 0 Å². The molecule has 28 heavy (non-hydrogen) atoms. The first kappa shape index (κ1) is 25.2. The van der Waals surface area contributed by atoms with Gasteiger partial charge in [-0.05, 0) is 44.7 Å². The number of hydrogen-bond acceptors (Lipinski definition) is 3. The highest BCUT2D eigenvalue weighted by atomic mass is 127. The maximum absolute atomic E-state index is 4.93. The molecule has 6 nitrogen and oxygen atoms in total. The summed E-state index contributed by atoms with van der Waals surface area (Å²) in [6, 6.07) is 0. The van der Waals surface area contributed by atoms with Gasteiger partial charge in [-0.1, -0.05) is 27.2 Å². The number of hydrogen-bond donors (Lipinski definition) is 1. The fourth-order valence-corrected chi connectivity index (χ4v) is 3.85. The van der Waals surface area contributed by atoms with Crippen LogP contribution in [0.15, 0.2) is 11.2 Å². The molecule has 2 rings (SSSR count). The minimum Gasteiger partial charge on any atom is -0.357 e. The van der Waals surface area contributed by atoms with Gasteiger partial charge in [0, 0.05) is 52.0 Å². The van der Waals surface area contributed by atoms with Gasteiger partial charge in [0.05, 0.1) is 5.69 Å². The second-order valence-electron chi connectivity index (χ2n) is 8.39. The van der Waals surface area contributed by atoms with E-state index in [0.717, 1.165) is 32.1 Å². The Hall–Kier alpha value is -0.830. The smallest absolute Gasteiger partial charge is 0.193 e. The van der Waals surface area contributed by atoms with Gasteiger partial charge in [0.15, 0.2) is 5.96 Å². The van der Waals surface area contributed by atoms with Gasteiger partial charge in [0.25, 0.3) is 0 Å². The molecule has 1 atom stereocenters. The monoisotopic (exact) mass is 504 g/mol. The van der Waals surface area contributed by atoms with E-state index in [2.05, 4.69) is 61.2 Å². The molecule has 1 aliphatic rings. The van der Waals surface area contributed by atoms with Crippen molar-refractivity contribution in [3.8, 4) is 0 Å². The van der Waals surface area contributed by atoms with Crippen LogP contribution in [0.4, 0.5) is 0 Å². The van der Waals surface area contributed by atoms with Crippen LogP contribution in [0.1, 0.15) is 64.1 Å². The Balaban J connectivity index is 0.00000392. The number of nitrogens with one attached hydrogen (secondary N) is 1. The summed E-state index contributed by atoms with van der Waals surface area (Å²) in [5.74, 6) is 2.00. The van der Waals surface area contributed by atoms with Gasteiger partial charge in [0.1, 0.15) is 0 Å². The van der Waals surface area contributed by atoms with E-state index >= 15 is 0 Å². The van der Waals surface area contributed by atoms with Gasteiger partial charge in [-0.3, -0.25) is 9.67 Å². The molecule has 1 unspecified atom stereocenters. The highest BCUT2D eigenvalue weighted by Crippen LogP contribution is 2.18. The van der Waals surface area contributed by atoms with Crippen molar-refractivity contribution in [1.82, 2.24) is 24.9 Å². The van der Waals surface area contributed by atoms with Crippen molar-refractivity contribution in [2.45, 2.75) is 59.4 Å². The Bertz CT molecular complexity index is 592. The average molecular weight is 505 g/mol. The zero-order valence-corrected chi connectivity index (χ0v) is 21.1. The van der Waals surface area contributed by atoms with Crippen molar-refractivity contribution in [3.63, 3.8) is 0 Å². The Kier molecular flexibility index (Phi) is 11.4. The lowest BCUT2D eigenvalue weighted by Crippen LogP contribution is -2.39. The molecular weight excluding hydrogens is 463 g/mol. The van der Waals surface area contributed by atoms with Gasteiger partial charge in [0.2, 0.25) is 0 Å². The summed E-state index contributed by atoms with van der Waals surface area (Å²) in [5.41, 5.74) is 2.46. The molecular formula is C21H41IN6. The molecule has 1 fully saturated rings. The van der Waals surface area contributed by atoms with E-state index in [1.54, 1.807) is 0 Å². The third-order valence-corrected chi connectivity index (χ3v) is 5.16. The molecule has 0 radical (unpaired) electrons. The van der Waals surface area contributed by atoms with E-state index in [9.17, 15) is 0 Å². The van der Waals surface area contributed by atoms with Gasteiger partial charge < -0.3 is 15.1 Å². The van der Waals surface area contributed by atoms with Crippen LogP contribution in [0.5, 0.6) is 0 Å². The van der Waals surface area contributed by atoms with Crippen molar-refractivity contribution < 1.29 is 0 Å². The normalized spacial score (nSPS) is 16.8. The second kappa shape index (κ2) is 12.7. The Morgan fingerprint density at radius 3 is 2.54 bits per heavy atom. The van der Waals surface area contributed by atoms with Crippen molar-refractivity contribution >= 4 is 29.9 Å². The number of nitrogens with zero attached hydrogens (tertiary/aromatic N) is 5. The van der Waals surface area contributed by atoms with Crippen LogP contribution in [-0.4, -0.2) is 65.3 Å². The van der Waals surface area contributed by atoms with Crippen LogP contribution < -0.4 is 5.32 Å². The largest absolute Gasteiger partial charge is 0.357 e. The predicted molar refractivity (Wildman–Crippen MR) is 130 cm³/mol. The van der Waals surface area contributed by atoms with Crippen LogP contribution in [0.2, 0.25) is 0 Å². The number of halogens is 1. The zero-order valence-electron chi connectivity index (χ0n) is 18.7. The van der Waals surface area contributed by atoms with Gasteiger partial charge in [-0.2, -0.15) is 5.10 Å². The van der Waals surface area contributed by atoms with E-state index in [0.29, 0.717) is 11.8 Å². The maximum atomic E-state index is 4.93. The first-order chi connectivity index (χ1) is 12.9. The highest BCUT2D eigenvalue weighted by Gasteiger charge is 2.16. The number of likely N-dealkylation sites (tertiary alicyclic amines) is 1. The van der Waals surface area contributed by atoms with Crippen LogP contribution in [0, 0.1) is 5.92 Å². The molecule has 0 amide bonds. The SMILES string of the molecule is CCNC(=NCC(C)CN1CCCCC1)N(C)Cc1cn(C)nc1C(C)C.I. The third-order valence-electron chi connectivity index (χ3n) is 5.16. The number of piperidine rings is 1. The lowest BCUT2D eigenvalue weighted by atomic mass is 10.1. The quantitative estimate of drug-likeness (QED) is 0.334. The van der Waals surface area contributed by atoms with E-state index in [-0.39, 0.29) is 24.0 Å². The molecule has 1 N–H and O–H groups in total. The molecule has 1 saturated heterocycles. The van der Waals surface area contributed by atoms with Crippen molar-refractivity contribution in [1.29, 1.82) is 0 Å². The summed E-state index contributed by atoms with van der Waals surface area (Å²) >= 11 is 0. The topological polar surface area (TPSA) is 48.7 Å². The molecule has 1 aromatic heterocycles. The molecule has 162 valence electrons. The fraction of sp³-hybridized carbons (Fsp3) is 0.810. The van der Waals surface area contributed by atoms with Crippen LogP contribution in [0.25, 0.3) is 0 Å². The summed E-state index contributed by atoms with van der Waals surface area (Å²) in [5, 5.41) is 8.08. The van der Waals surface area contributed by atoms with E-state index in [4.69, 9.17) is 4.99 Å². The first-order valence-corrected chi connectivity index (χ1v) is 10.6. The summed E-state index contributed by atoms with van der Waals surface area (Å²) in [7, 11) is 4.12. The van der Waals surface area contributed by atoms with Gasteiger partial charge in [-0.15, -0.1) is 24.0 Å². The Morgan fingerprint density at radius 2 is 1.93 bits per heavy atom. The summed E-state index contributed by atoms with van der Waals surface area (Å²) in [6.07, 6.45) is 6.23. The molecule has 1 aromatic rings. The lowest BCUT2D eigenvalue weighted by Gasteiger charge is -2.29. The molecule has 0 bridgehead atoms. The van der Waals surface area contributed by atoms with Crippen LogP contribution in [0.3, 0.4) is 0 Å². The number of rotatable bonds is 8. The second-order valence-corrected chi connectivity index (χ2v) is 8.39. The zero-order chi connectivity index (χ0) is 19.8. The van der Waals surface area contributed by atoms with Crippen molar-refractivity contribution in [3.05, 3.63) is 17.5 Å². The Labute approximate surface area is 189 Å². The number of aromatic nitrogens is 2. The van der Waals surface area contributed by atoms with Crippen LogP contribution >= 0.6 is 24.0 Å². The van der Waals surface area contributed by atoms with Crippen molar-refractivity contribution in [2.24, 2.45) is 18.0 Å². The average Bonchev–Trinajstić information content (AvgIpc) is 3.00. The van der Waals surface area contributed by atoms with Gasteiger partial charge >= 0.3 is 0 Å². The van der Waals surface area contributed by atoms with E-state index in [1.807, 2.05) is 11.7 Å². The predicted octanol–water partition coefficient (Wildman–Crippen LogP) is 3.68. The molecule has 1 aliphatic heterocycles. The van der Waals surface area contributed by atoms with E-state index < -0.39 is 0 Å². The fourth-order valence-electron chi connectivity index (χ4n) is 3.85. The van der Waals surface area contributed by atoms with Crippen molar-refractivity contribution in [2.75, 3.05) is 39.8 Å². The molecule has 2 heterocycles. The first-order valence-electron chi connectivity index (χ1n) is 10.6. The number of aliphatic imine (C=N–C) groups is 1. The van der Waals surface area contributed by atoms with Crippen LogP contribution in [-0.2, 0) is 13.6 Å². The summed E-state index contributed by atoms with van der Waals surface area (Å²) < 4.78 is 1.92. The molecule has 0 spiro atoms. The summed E-state index contributed by atoms with van der Waals surface area (Å²) in [6.45, 7) is 15.1. The number of guanidine groups is 1. The minimum atomic E-state index is 0.